The number of nitrogens with zero attached hydrogens (tertiary/aromatic N) is 1. The van der Waals surface area contributed by atoms with Crippen molar-refractivity contribution in [3.05, 3.63) is 60.2 Å². The highest BCUT2D eigenvalue weighted by molar-refractivity contribution is 6.21. The molecule has 3 rings (SSSR count). The van der Waals surface area contributed by atoms with Gasteiger partial charge >= 0.3 is 0 Å². The summed E-state index contributed by atoms with van der Waals surface area (Å²) in [7, 11) is 0. The zero-order chi connectivity index (χ0) is 19.3. The van der Waals surface area contributed by atoms with Gasteiger partial charge in [-0.15, -0.1) is 0 Å². The van der Waals surface area contributed by atoms with Gasteiger partial charge < -0.3 is 5.11 Å². The van der Waals surface area contributed by atoms with E-state index in [1.807, 2.05) is 0 Å². The first-order valence-corrected chi connectivity index (χ1v) is 9.08. The van der Waals surface area contributed by atoms with Gasteiger partial charge in [-0.3, -0.25) is 14.5 Å². The molecule has 2 aromatic rings. The van der Waals surface area contributed by atoms with E-state index in [0.717, 1.165) is 0 Å². The number of benzene rings is 2. The van der Waals surface area contributed by atoms with Crippen molar-refractivity contribution < 1.29 is 14.7 Å². The van der Waals surface area contributed by atoms with Crippen molar-refractivity contribution in [1.82, 2.24) is 0 Å². The van der Waals surface area contributed by atoms with E-state index in [9.17, 15) is 9.59 Å². The summed E-state index contributed by atoms with van der Waals surface area (Å²) in [6.07, 6.45) is 1.23. The second kappa shape index (κ2) is 8.65. The first-order valence-electron chi connectivity index (χ1n) is 9.08. The van der Waals surface area contributed by atoms with Crippen LogP contribution in [-0.4, -0.2) is 16.9 Å². The summed E-state index contributed by atoms with van der Waals surface area (Å²) in [5.41, 5.74) is 1.97. The molecule has 138 valence electrons. The molecule has 3 unspecified atom stereocenters. The quantitative estimate of drug-likeness (QED) is 0.811. The van der Waals surface area contributed by atoms with Crippen LogP contribution < -0.4 is 4.90 Å². The molecule has 4 heteroatoms. The number of amides is 2. The fourth-order valence-corrected chi connectivity index (χ4v) is 2.82. The Kier molecular flexibility index (Phi) is 6.56. The molecule has 1 aliphatic rings. The van der Waals surface area contributed by atoms with Crippen LogP contribution in [0, 0.1) is 11.8 Å². The van der Waals surface area contributed by atoms with Gasteiger partial charge in [0, 0.05) is 11.8 Å². The van der Waals surface area contributed by atoms with Crippen molar-refractivity contribution in [2.75, 3.05) is 4.90 Å². The topological polar surface area (TPSA) is 57.6 Å². The van der Waals surface area contributed by atoms with E-state index in [1.54, 1.807) is 26.0 Å². The summed E-state index contributed by atoms with van der Waals surface area (Å²) >= 11 is 0. The molecule has 3 atom stereocenters. The van der Waals surface area contributed by atoms with Crippen molar-refractivity contribution in [1.29, 1.82) is 0 Å². The molecular weight excluding hydrogens is 326 g/mol. The zero-order valence-corrected chi connectivity index (χ0v) is 15.8. The standard InChI is InChI=1S/C12H13NO3.C10H14/c1-7-8(2)12(16)13(11(7)15)9-3-5-10(14)6-4-9;1-3-9(2)10-7-5-4-6-8-10/h3-8,14H,1-2H3;4-9H,3H2,1-2H3. The second-order valence-corrected chi connectivity index (χ2v) is 6.83. The predicted octanol–water partition coefficient (Wildman–Crippen LogP) is 4.74. The smallest absolute Gasteiger partial charge is 0.237 e. The number of carbonyl (C=O) groups excluding carboxylic acids is 2. The fraction of sp³-hybridized carbons (Fsp3) is 0.364. The number of phenols is 1. The molecule has 1 heterocycles. The monoisotopic (exact) mass is 353 g/mol. The molecule has 1 N–H and O–H groups in total. The molecule has 2 aromatic carbocycles. The number of carbonyl (C=O) groups is 2. The van der Waals surface area contributed by atoms with E-state index in [0.29, 0.717) is 11.6 Å². The Morgan fingerprint density at radius 1 is 0.923 bits per heavy atom. The van der Waals surface area contributed by atoms with E-state index in [-0.39, 0.29) is 29.4 Å². The number of hydrogen-bond acceptors (Lipinski definition) is 3. The van der Waals surface area contributed by atoms with Crippen molar-refractivity contribution in [2.24, 2.45) is 11.8 Å². The molecule has 0 radical (unpaired) electrons. The van der Waals surface area contributed by atoms with E-state index in [4.69, 9.17) is 5.11 Å². The summed E-state index contributed by atoms with van der Waals surface area (Å²) in [6.45, 7) is 7.99. The Hall–Kier alpha value is -2.62. The lowest BCUT2D eigenvalue weighted by Crippen LogP contribution is -2.30. The number of rotatable bonds is 3. The minimum atomic E-state index is -0.277. The lowest BCUT2D eigenvalue weighted by Gasteiger charge is -2.14. The third-order valence-electron chi connectivity index (χ3n) is 5.06. The van der Waals surface area contributed by atoms with Crippen LogP contribution in [0.25, 0.3) is 0 Å². The Morgan fingerprint density at radius 2 is 1.42 bits per heavy atom. The highest BCUT2D eigenvalue weighted by atomic mass is 16.3. The zero-order valence-electron chi connectivity index (χ0n) is 15.8. The molecule has 0 aromatic heterocycles. The highest BCUT2D eigenvalue weighted by Crippen LogP contribution is 2.30. The summed E-state index contributed by atoms with van der Waals surface area (Å²) < 4.78 is 0. The Balaban J connectivity index is 0.000000209. The summed E-state index contributed by atoms with van der Waals surface area (Å²) in [6, 6.07) is 16.7. The molecule has 1 fully saturated rings. The van der Waals surface area contributed by atoms with Crippen LogP contribution in [0.3, 0.4) is 0 Å². The number of hydrogen-bond donors (Lipinski definition) is 1. The number of imide groups is 1. The lowest BCUT2D eigenvalue weighted by atomic mass is 9.99. The van der Waals surface area contributed by atoms with Crippen LogP contribution in [0.15, 0.2) is 54.6 Å². The second-order valence-electron chi connectivity index (χ2n) is 6.83. The number of anilines is 1. The average Bonchev–Trinajstić information content (AvgIpc) is 2.86. The highest BCUT2D eigenvalue weighted by Gasteiger charge is 2.42. The van der Waals surface area contributed by atoms with Crippen LogP contribution in [0.5, 0.6) is 5.75 Å². The van der Waals surface area contributed by atoms with Crippen LogP contribution in [0.4, 0.5) is 5.69 Å². The van der Waals surface area contributed by atoms with Gasteiger partial charge in [0.2, 0.25) is 11.8 Å². The fourth-order valence-electron chi connectivity index (χ4n) is 2.82. The van der Waals surface area contributed by atoms with Crippen molar-refractivity contribution in [3.63, 3.8) is 0 Å². The van der Waals surface area contributed by atoms with Gasteiger partial charge in [-0.2, -0.15) is 0 Å². The first-order chi connectivity index (χ1) is 12.4. The van der Waals surface area contributed by atoms with Gasteiger partial charge in [0.1, 0.15) is 5.75 Å². The lowest BCUT2D eigenvalue weighted by molar-refractivity contribution is -0.122. The molecule has 0 aliphatic carbocycles. The molecule has 1 aliphatic heterocycles. The van der Waals surface area contributed by atoms with Crippen LogP contribution in [-0.2, 0) is 9.59 Å². The third-order valence-corrected chi connectivity index (χ3v) is 5.06. The van der Waals surface area contributed by atoms with E-state index in [1.165, 1.54) is 29.0 Å². The van der Waals surface area contributed by atoms with E-state index in [2.05, 4.69) is 44.2 Å². The molecule has 0 saturated carbocycles. The summed E-state index contributed by atoms with van der Waals surface area (Å²) in [5, 5.41) is 9.15. The first kappa shape index (κ1) is 19.7. The normalized spacial score (nSPS) is 20.5. The maximum absolute atomic E-state index is 11.9. The Labute approximate surface area is 155 Å². The van der Waals surface area contributed by atoms with Gasteiger partial charge in [-0.25, -0.2) is 0 Å². The summed E-state index contributed by atoms with van der Waals surface area (Å²) in [4.78, 5) is 24.9. The summed E-state index contributed by atoms with van der Waals surface area (Å²) in [5.74, 6) is -0.0841. The molecule has 4 nitrogen and oxygen atoms in total. The predicted molar refractivity (Wildman–Crippen MR) is 104 cm³/mol. The maximum Gasteiger partial charge on any atom is 0.237 e. The molecule has 2 amide bonds. The molecule has 0 spiro atoms. The Bertz CT molecular complexity index is 720. The average molecular weight is 353 g/mol. The third kappa shape index (κ3) is 4.31. The molecule has 0 bridgehead atoms. The van der Waals surface area contributed by atoms with E-state index < -0.39 is 0 Å². The van der Waals surface area contributed by atoms with Crippen molar-refractivity contribution in [3.8, 4) is 5.75 Å². The van der Waals surface area contributed by atoms with Gasteiger partial charge in [0.05, 0.1) is 5.69 Å². The minimum Gasteiger partial charge on any atom is -0.508 e. The van der Waals surface area contributed by atoms with Gasteiger partial charge in [-0.1, -0.05) is 58.0 Å². The largest absolute Gasteiger partial charge is 0.508 e. The van der Waals surface area contributed by atoms with Crippen molar-refractivity contribution in [2.45, 2.75) is 40.0 Å². The molecule has 26 heavy (non-hydrogen) atoms. The Morgan fingerprint density at radius 3 is 1.88 bits per heavy atom. The minimum absolute atomic E-state index is 0.115. The van der Waals surface area contributed by atoms with Gasteiger partial charge in [0.25, 0.3) is 0 Å². The SMILES string of the molecule is CC1C(=O)N(c2ccc(O)cc2)C(=O)C1C.CCC(C)c1ccccc1. The number of phenolic OH excluding ortho intramolecular Hbond substituents is 1. The molecule has 1 saturated heterocycles. The number of aromatic hydroxyl groups is 1. The van der Waals surface area contributed by atoms with Crippen LogP contribution in [0.2, 0.25) is 0 Å². The maximum atomic E-state index is 11.9. The van der Waals surface area contributed by atoms with Crippen molar-refractivity contribution >= 4 is 17.5 Å². The van der Waals surface area contributed by atoms with Crippen LogP contribution >= 0.6 is 0 Å². The molecular formula is C22H27NO3. The van der Waals surface area contributed by atoms with Crippen LogP contribution in [0.1, 0.15) is 45.6 Å². The van der Waals surface area contributed by atoms with Gasteiger partial charge in [-0.05, 0) is 42.2 Å². The van der Waals surface area contributed by atoms with Gasteiger partial charge in [0.15, 0.2) is 0 Å². The van der Waals surface area contributed by atoms with E-state index >= 15 is 0 Å².